The van der Waals surface area contributed by atoms with Gasteiger partial charge in [-0.1, -0.05) is 58.4 Å². The average molecular weight is 387 g/mol. The highest BCUT2D eigenvalue weighted by molar-refractivity contribution is 9.10. The molecule has 3 nitrogen and oxygen atoms in total. The Balaban J connectivity index is 1.58. The van der Waals surface area contributed by atoms with E-state index in [2.05, 4.69) is 38.4 Å². The van der Waals surface area contributed by atoms with Crippen molar-refractivity contribution < 1.29 is 4.79 Å². The molecule has 0 spiro atoms. The van der Waals surface area contributed by atoms with Crippen molar-refractivity contribution in [2.24, 2.45) is 0 Å². The van der Waals surface area contributed by atoms with Gasteiger partial charge in [0.25, 0.3) is 0 Å². The van der Waals surface area contributed by atoms with Gasteiger partial charge in [0.2, 0.25) is 5.91 Å². The van der Waals surface area contributed by atoms with E-state index in [9.17, 15) is 4.79 Å². The van der Waals surface area contributed by atoms with E-state index in [1.807, 2.05) is 48.7 Å². The molecule has 3 rings (SSSR count). The number of rotatable bonds is 5. The van der Waals surface area contributed by atoms with Crippen LogP contribution in [0, 0.1) is 0 Å². The number of thiazole rings is 1. The van der Waals surface area contributed by atoms with Crippen LogP contribution in [-0.4, -0.2) is 10.9 Å². The van der Waals surface area contributed by atoms with Crippen LogP contribution in [0.1, 0.15) is 16.0 Å². The van der Waals surface area contributed by atoms with Gasteiger partial charge in [-0.15, -0.1) is 11.3 Å². The lowest BCUT2D eigenvalue weighted by Crippen LogP contribution is -2.13. The first-order chi connectivity index (χ1) is 11.2. The highest BCUT2D eigenvalue weighted by atomic mass is 79.9. The fourth-order valence-electron chi connectivity index (χ4n) is 2.20. The predicted octanol–water partition coefficient (Wildman–Crippen LogP) is 4.68. The molecule has 0 fully saturated rings. The number of nitrogens with zero attached hydrogens (tertiary/aromatic N) is 1. The van der Waals surface area contributed by atoms with Gasteiger partial charge in [0.05, 0.1) is 6.42 Å². The van der Waals surface area contributed by atoms with Crippen LogP contribution in [-0.2, 0) is 17.6 Å². The lowest BCUT2D eigenvalue weighted by atomic mass is 10.1. The summed E-state index contributed by atoms with van der Waals surface area (Å²) in [4.78, 5) is 17.5. The van der Waals surface area contributed by atoms with Crippen LogP contribution in [0.15, 0.2) is 65.3 Å². The average Bonchev–Trinajstić information content (AvgIpc) is 2.97. The maximum atomic E-state index is 12.0. The van der Waals surface area contributed by atoms with Crippen molar-refractivity contribution in [1.82, 2.24) is 4.98 Å². The predicted molar refractivity (Wildman–Crippen MR) is 97.8 cm³/mol. The number of hydrogen-bond acceptors (Lipinski definition) is 3. The van der Waals surface area contributed by atoms with Crippen molar-refractivity contribution in [3.63, 3.8) is 0 Å². The zero-order chi connectivity index (χ0) is 16.1. The maximum absolute atomic E-state index is 12.0. The Hall–Kier alpha value is -1.98. The summed E-state index contributed by atoms with van der Waals surface area (Å²) in [6, 6.07) is 17.9. The molecule has 116 valence electrons. The summed E-state index contributed by atoms with van der Waals surface area (Å²) in [5.74, 6) is -0.0410. The van der Waals surface area contributed by atoms with Gasteiger partial charge in [-0.2, -0.15) is 0 Å². The third-order valence-electron chi connectivity index (χ3n) is 3.30. The van der Waals surface area contributed by atoms with Crippen LogP contribution >= 0.6 is 27.3 Å². The molecule has 5 heteroatoms. The number of nitrogens with one attached hydrogen (secondary N) is 1. The lowest BCUT2D eigenvalue weighted by Gasteiger charge is -2.01. The Morgan fingerprint density at radius 1 is 1.04 bits per heavy atom. The molecule has 0 aliphatic carbocycles. The van der Waals surface area contributed by atoms with Crippen molar-refractivity contribution >= 4 is 38.3 Å². The molecule has 0 bridgehead atoms. The number of amides is 1. The van der Waals surface area contributed by atoms with Gasteiger partial charge in [-0.05, 0) is 23.3 Å². The summed E-state index contributed by atoms with van der Waals surface area (Å²) in [5, 5.41) is 3.52. The number of halogens is 1. The van der Waals surface area contributed by atoms with E-state index in [-0.39, 0.29) is 5.91 Å². The first-order valence-electron chi connectivity index (χ1n) is 7.22. The molecular weight excluding hydrogens is 372 g/mol. The van der Waals surface area contributed by atoms with Crippen molar-refractivity contribution in [2.75, 3.05) is 5.32 Å². The molecule has 0 aliphatic rings. The smallest absolute Gasteiger partial charge is 0.230 e. The van der Waals surface area contributed by atoms with Crippen molar-refractivity contribution in [3.05, 3.63) is 81.3 Å². The zero-order valence-electron chi connectivity index (χ0n) is 12.3. The van der Waals surface area contributed by atoms with Gasteiger partial charge < -0.3 is 5.32 Å². The minimum atomic E-state index is -0.0410. The van der Waals surface area contributed by atoms with Crippen LogP contribution in [0.5, 0.6) is 0 Å². The summed E-state index contributed by atoms with van der Waals surface area (Å²) in [5.41, 5.74) is 2.22. The van der Waals surface area contributed by atoms with Gasteiger partial charge in [0.1, 0.15) is 0 Å². The second-order valence-corrected chi connectivity index (χ2v) is 7.18. The second kappa shape index (κ2) is 7.53. The molecule has 0 saturated carbocycles. The second-order valence-electron chi connectivity index (χ2n) is 5.15. The molecule has 1 N–H and O–H groups in total. The molecule has 0 radical (unpaired) electrons. The van der Waals surface area contributed by atoms with Crippen LogP contribution in [0.25, 0.3) is 0 Å². The van der Waals surface area contributed by atoms with Gasteiger partial charge in [0, 0.05) is 22.0 Å². The van der Waals surface area contributed by atoms with Crippen LogP contribution in [0.3, 0.4) is 0 Å². The van der Waals surface area contributed by atoms with Gasteiger partial charge in [-0.25, -0.2) is 4.98 Å². The summed E-state index contributed by atoms with van der Waals surface area (Å²) in [6.07, 6.45) is 3.01. The minimum absolute atomic E-state index is 0.0410. The molecule has 0 aliphatic heterocycles. The SMILES string of the molecule is O=C(Cc1ccccc1)Nc1ncc(Cc2ccc(Br)cc2)s1. The fraction of sp³-hybridized carbons (Fsp3) is 0.111. The fourth-order valence-corrected chi connectivity index (χ4v) is 3.32. The number of benzene rings is 2. The minimum Gasteiger partial charge on any atom is -0.302 e. The number of carbonyl (C=O) groups excluding carboxylic acids is 1. The molecule has 2 aromatic carbocycles. The highest BCUT2D eigenvalue weighted by Crippen LogP contribution is 2.22. The van der Waals surface area contributed by atoms with E-state index in [0.717, 1.165) is 21.3 Å². The molecule has 23 heavy (non-hydrogen) atoms. The van der Waals surface area contributed by atoms with Gasteiger partial charge in [0.15, 0.2) is 5.13 Å². The van der Waals surface area contributed by atoms with Gasteiger partial charge >= 0.3 is 0 Å². The third-order valence-corrected chi connectivity index (χ3v) is 4.74. The van der Waals surface area contributed by atoms with Crippen molar-refractivity contribution in [1.29, 1.82) is 0 Å². The molecular formula is C18H15BrN2OS. The number of aromatic nitrogens is 1. The number of carbonyl (C=O) groups is 1. The number of anilines is 1. The van der Waals surface area contributed by atoms with Crippen LogP contribution < -0.4 is 5.32 Å². The molecule has 0 saturated heterocycles. The Kier molecular flexibility index (Phi) is 5.20. The monoisotopic (exact) mass is 386 g/mol. The van der Waals surface area contributed by atoms with E-state index >= 15 is 0 Å². The molecule has 0 atom stereocenters. The number of hydrogen-bond donors (Lipinski definition) is 1. The van der Waals surface area contributed by atoms with E-state index < -0.39 is 0 Å². The van der Waals surface area contributed by atoms with E-state index in [1.54, 1.807) is 0 Å². The molecule has 1 aromatic heterocycles. The Morgan fingerprint density at radius 3 is 2.52 bits per heavy atom. The van der Waals surface area contributed by atoms with E-state index in [4.69, 9.17) is 0 Å². The van der Waals surface area contributed by atoms with E-state index in [0.29, 0.717) is 11.6 Å². The van der Waals surface area contributed by atoms with Crippen molar-refractivity contribution in [3.8, 4) is 0 Å². The third kappa shape index (κ3) is 4.74. The maximum Gasteiger partial charge on any atom is 0.230 e. The lowest BCUT2D eigenvalue weighted by molar-refractivity contribution is -0.115. The van der Waals surface area contributed by atoms with Crippen molar-refractivity contribution in [2.45, 2.75) is 12.8 Å². The Labute approximate surface area is 147 Å². The highest BCUT2D eigenvalue weighted by Gasteiger charge is 2.08. The Morgan fingerprint density at radius 2 is 1.78 bits per heavy atom. The van der Waals surface area contributed by atoms with Crippen LogP contribution in [0.2, 0.25) is 0 Å². The molecule has 1 heterocycles. The van der Waals surface area contributed by atoms with Gasteiger partial charge in [-0.3, -0.25) is 4.79 Å². The molecule has 1 amide bonds. The largest absolute Gasteiger partial charge is 0.302 e. The quantitative estimate of drug-likeness (QED) is 0.691. The standard InChI is InChI=1S/C18H15BrN2OS/c19-15-8-6-14(7-9-15)10-16-12-20-18(23-16)21-17(22)11-13-4-2-1-3-5-13/h1-9,12H,10-11H2,(H,20,21,22). The first kappa shape index (κ1) is 15.9. The first-order valence-corrected chi connectivity index (χ1v) is 8.83. The topological polar surface area (TPSA) is 42.0 Å². The molecule has 3 aromatic rings. The molecule has 0 unspecified atom stereocenters. The normalized spacial score (nSPS) is 10.5. The summed E-state index contributed by atoms with van der Waals surface area (Å²) < 4.78 is 1.07. The summed E-state index contributed by atoms with van der Waals surface area (Å²) in [6.45, 7) is 0. The van der Waals surface area contributed by atoms with E-state index in [1.165, 1.54) is 16.9 Å². The Bertz CT molecular complexity index is 784. The summed E-state index contributed by atoms with van der Waals surface area (Å²) >= 11 is 4.95. The summed E-state index contributed by atoms with van der Waals surface area (Å²) in [7, 11) is 0. The zero-order valence-corrected chi connectivity index (χ0v) is 14.7. The van der Waals surface area contributed by atoms with Crippen LogP contribution in [0.4, 0.5) is 5.13 Å².